The van der Waals surface area contributed by atoms with E-state index < -0.39 is 12.0 Å². The number of nitrogens with one attached hydrogen (secondary N) is 2. The third-order valence-electron chi connectivity index (χ3n) is 11.6. The smallest absolute Gasteiger partial charge is 0.328 e. The largest absolute Gasteiger partial charge is 0.467 e. The van der Waals surface area contributed by atoms with Gasteiger partial charge in [-0.2, -0.15) is 0 Å². The van der Waals surface area contributed by atoms with Crippen LogP contribution in [0.4, 0.5) is 0 Å². The summed E-state index contributed by atoms with van der Waals surface area (Å²) < 4.78 is 11.1. The summed E-state index contributed by atoms with van der Waals surface area (Å²) >= 11 is 0. The normalized spacial score (nSPS) is 32.2. The highest BCUT2D eigenvalue weighted by Gasteiger charge is 2.60. The molecule has 0 spiro atoms. The van der Waals surface area contributed by atoms with Crippen LogP contribution >= 0.6 is 0 Å². The Morgan fingerprint density at radius 2 is 1.84 bits per heavy atom. The number of esters is 2. The van der Waals surface area contributed by atoms with Gasteiger partial charge in [0.1, 0.15) is 12.1 Å². The number of hydrogen-bond acceptors (Lipinski definition) is 6. The van der Waals surface area contributed by atoms with Crippen molar-refractivity contribution in [1.29, 1.82) is 0 Å². The van der Waals surface area contributed by atoms with Gasteiger partial charge in [0.25, 0.3) is 0 Å². The monoisotopic (exact) mass is 588 g/mol. The first-order chi connectivity index (χ1) is 20.6. The van der Waals surface area contributed by atoms with Crippen molar-refractivity contribution in [2.24, 2.45) is 28.6 Å². The first kappa shape index (κ1) is 29.6. The van der Waals surface area contributed by atoms with Gasteiger partial charge in [-0.1, -0.05) is 37.6 Å². The average Bonchev–Trinajstić information content (AvgIpc) is 3.56. The van der Waals surface area contributed by atoms with Gasteiger partial charge in [-0.3, -0.25) is 14.4 Å². The van der Waals surface area contributed by atoms with Gasteiger partial charge in [-0.15, -0.1) is 0 Å². The number of H-pyrrole nitrogens is 1. The number of methoxy groups -OCH3 is 1. The summed E-state index contributed by atoms with van der Waals surface area (Å²) in [6.07, 6.45) is 11.6. The van der Waals surface area contributed by atoms with Gasteiger partial charge in [0.05, 0.1) is 13.5 Å². The molecule has 0 unspecified atom stereocenters. The fourth-order valence-corrected chi connectivity index (χ4v) is 9.26. The maximum atomic E-state index is 13.0. The van der Waals surface area contributed by atoms with E-state index >= 15 is 0 Å². The summed E-state index contributed by atoms with van der Waals surface area (Å²) in [6.45, 7) is 4.68. The van der Waals surface area contributed by atoms with Gasteiger partial charge >= 0.3 is 11.9 Å². The zero-order valence-corrected chi connectivity index (χ0v) is 25.6. The molecular weight excluding hydrogens is 544 g/mol. The summed E-state index contributed by atoms with van der Waals surface area (Å²) in [7, 11) is 1.30. The Kier molecular flexibility index (Phi) is 7.99. The first-order valence-electron chi connectivity index (χ1n) is 16.0. The summed E-state index contributed by atoms with van der Waals surface area (Å²) in [4.78, 5) is 53.7. The standard InChI is InChI=1S/C35H44N2O6/c1-34-16-14-23(38)19-22(34)8-9-25-26-10-11-30(35(26,2)17-15-27(25)34)43-32(40)13-12-31(39)37-29(33(41)42-3)18-21-20-36-28-7-5-4-6-24(21)28/h4-7,19-20,25-27,29-30,36H,8-18H2,1-3H3,(H,37,39)/t25-,26-,27-,29+,30-,34-,35-/m0/s1. The summed E-state index contributed by atoms with van der Waals surface area (Å²) in [5, 5.41) is 3.76. The lowest BCUT2D eigenvalue weighted by molar-refractivity contribution is -0.160. The summed E-state index contributed by atoms with van der Waals surface area (Å²) in [5.74, 6) is 0.702. The number of ketones is 1. The number of amides is 1. The second kappa shape index (κ2) is 11.6. The number of para-hydroxylation sites is 1. The zero-order chi connectivity index (χ0) is 30.4. The molecule has 0 radical (unpaired) electrons. The van der Waals surface area contributed by atoms with Crippen molar-refractivity contribution in [3.63, 3.8) is 0 Å². The second-order valence-electron chi connectivity index (χ2n) is 13.8. The molecule has 0 bridgehead atoms. The van der Waals surface area contributed by atoms with Crippen molar-refractivity contribution in [3.05, 3.63) is 47.7 Å². The van der Waals surface area contributed by atoms with Crippen LogP contribution in [0.1, 0.15) is 83.6 Å². The predicted octanol–water partition coefficient (Wildman–Crippen LogP) is 5.59. The molecule has 230 valence electrons. The first-order valence-corrected chi connectivity index (χ1v) is 16.0. The summed E-state index contributed by atoms with van der Waals surface area (Å²) in [5.41, 5.74) is 3.29. The molecule has 3 saturated carbocycles. The molecular formula is C35H44N2O6. The number of carbonyl (C=O) groups is 4. The Bertz CT molecular complexity index is 1460. The highest BCUT2D eigenvalue weighted by molar-refractivity contribution is 5.91. The van der Waals surface area contributed by atoms with Crippen LogP contribution in [-0.2, 0) is 35.1 Å². The van der Waals surface area contributed by atoms with E-state index in [4.69, 9.17) is 9.47 Å². The minimum atomic E-state index is -0.854. The van der Waals surface area contributed by atoms with E-state index in [1.165, 1.54) is 12.7 Å². The van der Waals surface area contributed by atoms with Gasteiger partial charge in [0, 0.05) is 41.8 Å². The SMILES string of the molecule is COC(=O)[C@@H](Cc1c[nH]c2ccccc12)NC(=O)CCC(=O)O[C@H]1CC[C@H]2[C@@H]3CCC4=CC(=O)CC[C@]4(C)[C@H]3CC[C@]12C. The predicted molar refractivity (Wildman–Crippen MR) is 162 cm³/mol. The van der Waals surface area contributed by atoms with Crippen molar-refractivity contribution in [3.8, 4) is 0 Å². The van der Waals surface area contributed by atoms with Crippen molar-refractivity contribution >= 4 is 34.5 Å². The molecule has 4 aliphatic rings. The lowest BCUT2D eigenvalue weighted by Gasteiger charge is -2.57. The molecule has 0 saturated heterocycles. The van der Waals surface area contributed by atoms with Crippen LogP contribution in [0.5, 0.6) is 0 Å². The van der Waals surface area contributed by atoms with E-state index in [1.807, 2.05) is 36.5 Å². The Morgan fingerprint density at radius 1 is 1.02 bits per heavy atom. The van der Waals surface area contributed by atoms with E-state index in [0.717, 1.165) is 61.4 Å². The second-order valence-corrected chi connectivity index (χ2v) is 13.8. The van der Waals surface area contributed by atoms with Crippen LogP contribution in [0.2, 0.25) is 0 Å². The molecule has 3 fully saturated rings. The number of fused-ring (bicyclic) bond motifs is 6. The molecule has 4 aliphatic carbocycles. The van der Waals surface area contributed by atoms with Crippen molar-refractivity contribution in [2.75, 3.05) is 7.11 Å². The molecule has 43 heavy (non-hydrogen) atoms. The number of aromatic nitrogens is 1. The highest BCUT2D eigenvalue weighted by Crippen LogP contribution is 2.65. The quantitative estimate of drug-likeness (QED) is 0.389. The number of ether oxygens (including phenoxy) is 2. The fourth-order valence-electron chi connectivity index (χ4n) is 9.26. The van der Waals surface area contributed by atoms with Gasteiger partial charge in [0.15, 0.2) is 5.78 Å². The molecule has 6 rings (SSSR count). The maximum absolute atomic E-state index is 13.0. The highest BCUT2D eigenvalue weighted by atomic mass is 16.5. The number of allylic oxidation sites excluding steroid dienone is 1. The van der Waals surface area contributed by atoms with E-state index in [2.05, 4.69) is 24.1 Å². The van der Waals surface area contributed by atoms with Crippen LogP contribution in [0.25, 0.3) is 10.9 Å². The van der Waals surface area contributed by atoms with E-state index in [-0.39, 0.29) is 53.9 Å². The topological polar surface area (TPSA) is 115 Å². The number of aromatic amines is 1. The summed E-state index contributed by atoms with van der Waals surface area (Å²) in [6, 6.07) is 6.93. The fraction of sp³-hybridized carbons (Fsp3) is 0.600. The van der Waals surface area contributed by atoms with Crippen LogP contribution in [0, 0.1) is 28.6 Å². The lowest BCUT2D eigenvalue weighted by atomic mass is 9.47. The van der Waals surface area contributed by atoms with Crippen LogP contribution in [0.15, 0.2) is 42.1 Å². The van der Waals surface area contributed by atoms with Gasteiger partial charge in [-0.25, -0.2) is 4.79 Å². The van der Waals surface area contributed by atoms with E-state index in [0.29, 0.717) is 24.2 Å². The number of carbonyl (C=O) groups excluding carboxylic acids is 4. The number of hydrogen-bond donors (Lipinski definition) is 2. The number of benzene rings is 1. The molecule has 7 atom stereocenters. The maximum Gasteiger partial charge on any atom is 0.328 e. The minimum Gasteiger partial charge on any atom is -0.467 e. The Morgan fingerprint density at radius 3 is 2.65 bits per heavy atom. The van der Waals surface area contributed by atoms with Gasteiger partial charge in [-0.05, 0) is 85.8 Å². The van der Waals surface area contributed by atoms with Crippen molar-refractivity contribution in [2.45, 2.75) is 96.6 Å². The van der Waals surface area contributed by atoms with Crippen LogP contribution in [0.3, 0.4) is 0 Å². The van der Waals surface area contributed by atoms with Gasteiger partial charge < -0.3 is 19.8 Å². The van der Waals surface area contributed by atoms with Crippen LogP contribution in [-0.4, -0.2) is 47.9 Å². The lowest BCUT2D eigenvalue weighted by Crippen LogP contribution is -2.51. The van der Waals surface area contributed by atoms with E-state index in [9.17, 15) is 19.2 Å². The molecule has 1 heterocycles. The Balaban J connectivity index is 1.04. The molecule has 2 N–H and O–H groups in total. The molecule has 8 nitrogen and oxygen atoms in total. The van der Waals surface area contributed by atoms with Crippen molar-refractivity contribution in [1.82, 2.24) is 10.3 Å². The Hall–Kier alpha value is -3.42. The molecule has 2 aromatic rings. The molecule has 0 aliphatic heterocycles. The molecule has 1 amide bonds. The van der Waals surface area contributed by atoms with Gasteiger partial charge in [0.2, 0.25) is 5.91 Å². The molecule has 8 heteroatoms. The molecule has 1 aromatic heterocycles. The third kappa shape index (κ3) is 5.42. The third-order valence-corrected chi connectivity index (χ3v) is 11.6. The average molecular weight is 589 g/mol. The minimum absolute atomic E-state index is 0.0314. The molecule has 1 aromatic carbocycles. The Labute approximate surface area is 253 Å². The van der Waals surface area contributed by atoms with Crippen molar-refractivity contribution < 1.29 is 28.7 Å². The van der Waals surface area contributed by atoms with Crippen LogP contribution < -0.4 is 5.32 Å². The van der Waals surface area contributed by atoms with E-state index in [1.54, 1.807) is 0 Å². The zero-order valence-electron chi connectivity index (χ0n) is 25.6. The number of rotatable bonds is 8.